The van der Waals surface area contributed by atoms with Gasteiger partial charge in [0.2, 0.25) is 0 Å². The van der Waals surface area contributed by atoms with Crippen LogP contribution in [0.2, 0.25) is 0 Å². The molecule has 30 heavy (non-hydrogen) atoms. The fourth-order valence-electron chi connectivity index (χ4n) is 2.85. The lowest BCUT2D eigenvalue weighted by molar-refractivity contribution is 0.179. The van der Waals surface area contributed by atoms with Crippen molar-refractivity contribution in [3.05, 3.63) is 59.2 Å². The van der Waals surface area contributed by atoms with Crippen LogP contribution in [0.5, 0.6) is 11.5 Å². The summed E-state index contributed by atoms with van der Waals surface area (Å²) in [6, 6.07) is 13.6. The average molecular weight is 527 g/mol. The standard InChI is InChI=1S/C23H33N3O3.HI/c1-6-24-23(25-14-18-11-10-17(4)22(12-18)28-5)26-15-21(27)19-8-7-9-20(13-19)29-16(2)3;/h7-13,16,21,27H,6,14-15H2,1-5H3,(H2,24,25,26);1H. The van der Waals surface area contributed by atoms with Gasteiger partial charge in [-0.3, -0.25) is 0 Å². The lowest BCUT2D eigenvalue weighted by Gasteiger charge is -2.17. The summed E-state index contributed by atoms with van der Waals surface area (Å²) in [6.45, 7) is 9.57. The molecule has 2 aromatic carbocycles. The maximum atomic E-state index is 10.6. The number of aliphatic hydroxyl groups is 1. The summed E-state index contributed by atoms with van der Waals surface area (Å²) in [7, 11) is 1.67. The number of hydrogen-bond acceptors (Lipinski definition) is 4. The smallest absolute Gasteiger partial charge is 0.191 e. The van der Waals surface area contributed by atoms with E-state index in [1.165, 1.54) is 0 Å². The first-order valence-corrected chi connectivity index (χ1v) is 10.0. The van der Waals surface area contributed by atoms with Gasteiger partial charge in [0.15, 0.2) is 5.96 Å². The topological polar surface area (TPSA) is 75.1 Å². The Morgan fingerprint density at radius 1 is 1.13 bits per heavy atom. The number of nitrogens with one attached hydrogen (secondary N) is 2. The van der Waals surface area contributed by atoms with Gasteiger partial charge in [0.25, 0.3) is 0 Å². The van der Waals surface area contributed by atoms with Crippen LogP contribution in [0.25, 0.3) is 0 Å². The number of aliphatic hydroxyl groups excluding tert-OH is 1. The third kappa shape index (κ3) is 8.39. The summed E-state index contributed by atoms with van der Waals surface area (Å²) in [4.78, 5) is 4.61. The van der Waals surface area contributed by atoms with Crippen molar-refractivity contribution < 1.29 is 14.6 Å². The molecule has 1 atom stereocenters. The van der Waals surface area contributed by atoms with Crippen LogP contribution >= 0.6 is 24.0 Å². The number of ether oxygens (including phenoxy) is 2. The highest BCUT2D eigenvalue weighted by Crippen LogP contribution is 2.20. The molecule has 0 bridgehead atoms. The predicted octanol–water partition coefficient (Wildman–Crippen LogP) is 4.20. The zero-order valence-corrected chi connectivity index (χ0v) is 20.8. The van der Waals surface area contributed by atoms with Gasteiger partial charge in [-0.25, -0.2) is 4.99 Å². The molecule has 3 N–H and O–H groups in total. The van der Waals surface area contributed by atoms with Crippen molar-refractivity contribution in [2.24, 2.45) is 4.99 Å². The van der Waals surface area contributed by atoms with E-state index in [9.17, 15) is 5.11 Å². The van der Waals surface area contributed by atoms with Gasteiger partial charge in [-0.1, -0.05) is 24.3 Å². The monoisotopic (exact) mass is 527 g/mol. The highest BCUT2D eigenvalue weighted by atomic mass is 127. The summed E-state index contributed by atoms with van der Waals surface area (Å²) in [5.74, 6) is 2.26. The van der Waals surface area contributed by atoms with Crippen molar-refractivity contribution in [1.82, 2.24) is 10.6 Å². The molecule has 0 aliphatic heterocycles. The first kappa shape index (κ1) is 26.0. The molecule has 7 heteroatoms. The Balaban J connectivity index is 0.00000450. The number of guanidine groups is 1. The minimum atomic E-state index is -0.672. The van der Waals surface area contributed by atoms with Crippen LogP contribution in [-0.2, 0) is 6.54 Å². The van der Waals surface area contributed by atoms with Crippen LogP contribution in [0, 0.1) is 6.92 Å². The molecule has 2 rings (SSSR count). The van der Waals surface area contributed by atoms with Crippen molar-refractivity contribution in [3.63, 3.8) is 0 Å². The molecule has 0 aliphatic rings. The number of hydrogen-bond donors (Lipinski definition) is 3. The molecule has 0 aliphatic carbocycles. The van der Waals surface area contributed by atoms with E-state index in [0.717, 1.165) is 34.7 Å². The van der Waals surface area contributed by atoms with E-state index in [2.05, 4.69) is 15.6 Å². The van der Waals surface area contributed by atoms with Crippen LogP contribution in [0.15, 0.2) is 47.5 Å². The largest absolute Gasteiger partial charge is 0.496 e. The Hall–Kier alpha value is -2.00. The van der Waals surface area contributed by atoms with E-state index in [1.807, 2.05) is 70.2 Å². The summed E-state index contributed by atoms with van der Waals surface area (Å²) < 4.78 is 11.1. The number of aryl methyl sites for hydroxylation is 1. The second kappa shape index (κ2) is 13.3. The van der Waals surface area contributed by atoms with Crippen LogP contribution in [0.1, 0.15) is 43.6 Å². The third-order valence-corrected chi connectivity index (χ3v) is 4.31. The van der Waals surface area contributed by atoms with E-state index in [1.54, 1.807) is 7.11 Å². The number of nitrogens with zero attached hydrogens (tertiary/aromatic N) is 1. The van der Waals surface area contributed by atoms with Gasteiger partial charge in [-0.2, -0.15) is 0 Å². The predicted molar refractivity (Wildman–Crippen MR) is 133 cm³/mol. The maximum Gasteiger partial charge on any atom is 0.191 e. The van der Waals surface area contributed by atoms with Gasteiger partial charge < -0.3 is 25.2 Å². The molecular weight excluding hydrogens is 493 g/mol. The minimum absolute atomic E-state index is 0. The van der Waals surface area contributed by atoms with Gasteiger partial charge in [0.05, 0.1) is 25.9 Å². The van der Waals surface area contributed by atoms with E-state index in [4.69, 9.17) is 9.47 Å². The molecule has 0 heterocycles. The highest BCUT2D eigenvalue weighted by molar-refractivity contribution is 14.0. The molecule has 0 radical (unpaired) electrons. The minimum Gasteiger partial charge on any atom is -0.496 e. The van der Waals surface area contributed by atoms with E-state index < -0.39 is 6.10 Å². The lowest BCUT2D eigenvalue weighted by atomic mass is 10.1. The van der Waals surface area contributed by atoms with Crippen molar-refractivity contribution in [2.45, 2.75) is 46.4 Å². The summed E-state index contributed by atoms with van der Waals surface area (Å²) in [5, 5.41) is 17.0. The van der Waals surface area contributed by atoms with Crippen LogP contribution in [-0.4, -0.2) is 37.4 Å². The highest BCUT2D eigenvalue weighted by Gasteiger charge is 2.10. The molecule has 2 aromatic rings. The van der Waals surface area contributed by atoms with Gasteiger partial charge in [0.1, 0.15) is 11.5 Å². The fourth-order valence-corrected chi connectivity index (χ4v) is 2.85. The third-order valence-electron chi connectivity index (χ3n) is 4.31. The molecule has 6 nitrogen and oxygen atoms in total. The Morgan fingerprint density at radius 3 is 2.57 bits per heavy atom. The van der Waals surface area contributed by atoms with Gasteiger partial charge >= 0.3 is 0 Å². The van der Waals surface area contributed by atoms with Crippen molar-refractivity contribution in [3.8, 4) is 11.5 Å². The molecule has 0 spiro atoms. The number of rotatable bonds is 9. The van der Waals surface area contributed by atoms with Crippen molar-refractivity contribution >= 4 is 29.9 Å². The Morgan fingerprint density at radius 2 is 1.90 bits per heavy atom. The van der Waals surface area contributed by atoms with Crippen LogP contribution in [0.4, 0.5) is 0 Å². The first-order valence-electron chi connectivity index (χ1n) is 10.0. The molecule has 0 saturated carbocycles. The van der Waals surface area contributed by atoms with Gasteiger partial charge in [-0.15, -0.1) is 24.0 Å². The van der Waals surface area contributed by atoms with E-state index in [-0.39, 0.29) is 30.1 Å². The summed E-state index contributed by atoms with van der Waals surface area (Å²) >= 11 is 0. The molecular formula is C23H34IN3O3. The molecule has 1 unspecified atom stereocenters. The molecule has 0 fully saturated rings. The first-order chi connectivity index (χ1) is 13.9. The van der Waals surface area contributed by atoms with Gasteiger partial charge in [0, 0.05) is 13.1 Å². The molecule has 166 valence electrons. The average Bonchev–Trinajstić information content (AvgIpc) is 2.70. The molecule has 0 aromatic heterocycles. The second-order valence-corrected chi connectivity index (χ2v) is 7.13. The van der Waals surface area contributed by atoms with Crippen molar-refractivity contribution in [2.75, 3.05) is 20.2 Å². The molecule has 0 amide bonds. The van der Waals surface area contributed by atoms with E-state index >= 15 is 0 Å². The zero-order chi connectivity index (χ0) is 21.2. The second-order valence-electron chi connectivity index (χ2n) is 7.13. The lowest BCUT2D eigenvalue weighted by Crippen LogP contribution is -2.39. The quantitative estimate of drug-likeness (QED) is 0.259. The Bertz CT molecular complexity index is 812. The van der Waals surface area contributed by atoms with Crippen molar-refractivity contribution in [1.29, 1.82) is 0 Å². The summed E-state index contributed by atoms with van der Waals surface area (Å²) in [6.07, 6.45) is -0.581. The van der Waals surface area contributed by atoms with E-state index in [0.29, 0.717) is 19.0 Å². The zero-order valence-electron chi connectivity index (χ0n) is 18.4. The Kier molecular flexibility index (Phi) is 11.6. The maximum absolute atomic E-state index is 10.6. The fraction of sp³-hybridized carbons (Fsp3) is 0.435. The van der Waals surface area contributed by atoms with Crippen LogP contribution in [0.3, 0.4) is 0 Å². The number of benzene rings is 2. The number of aliphatic imine (C=N–C) groups is 1. The molecule has 0 saturated heterocycles. The normalized spacial score (nSPS) is 12.2. The SMILES string of the molecule is CCNC(=NCc1ccc(C)c(OC)c1)NCC(O)c1cccc(OC(C)C)c1.I. The Labute approximate surface area is 197 Å². The van der Waals surface area contributed by atoms with Crippen LogP contribution < -0.4 is 20.1 Å². The number of halogens is 1. The van der Waals surface area contributed by atoms with Gasteiger partial charge in [-0.05, 0) is 62.6 Å². The number of methoxy groups -OCH3 is 1. The summed E-state index contributed by atoms with van der Waals surface area (Å²) in [5.41, 5.74) is 2.95.